The van der Waals surface area contributed by atoms with E-state index in [4.69, 9.17) is 0 Å². The summed E-state index contributed by atoms with van der Waals surface area (Å²) in [5.74, 6) is 0. The zero-order valence-corrected chi connectivity index (χ0v) is 12.6. The fourth-order valence-electron chi connectivity index (χ4n) is 3.18. The van der Waals surface area contributed by atoms with Crippen molar-refractivity contribution in [3.63, 3.8) is 0 Å². The minimum Gasteiger partial charge on any atom is -0.361 e. The summed E-state index contributed by atoms with van der Waals surface area (Å²) in [6.45, 7) is 0.944. The maximum absolute atomic E-state index is 3.69. The number of benzene rings is 2. The Morgan fingerprint density at radius 3 is 2.52 bits per heavy atom. The first-order valence-corrected chi connectivity index (χ1v) is 7.25. The lowest BCUT2D eigenvalue weighted by Crippen LogP contribution is -2.28. The monoisotopic (exact) mass is 298 g/mol. The summed E-state index contributed by atoms with van der Waals surface area (Å²) in [4.78, 5) is 3.24. The Bertz CT molecular complexity index is 723. The Hall–Kier alpha value is -1.77. The Balaban J connectivity index is 0.00000132. The molecular weight excluding hydrogens is 280 g/mol. The number of hydrogen-bond donors (Lipinski definition) is 2. The lowest BCUT2D eigenvalue weighted by atomic mass is 10.1. The minimum absolute atomic E-state index is 0. The molecule has 21 heavy (non-hydrogen) atoms. The van der Waals surface area contributed by atoms with Gasteiger partial charge in [-0.05, 0) is 53.1 Å². The molecule has 0 bridgehead atoms. The van der Waals surface area contributed by atoms with Gasteiger partial charge in [-0.3, -0.25) is 0 Å². The van der Waals surface area contributed by atoms with Crippen molar-refractivity contribution < 1.29 is 0 Å². The molecule has 1 aliphatic carbocycles. The largest absolute Gasteiger partial charge is 0.361 e. The zero-order valence-electron chi connectivity index (χ0n) is 11.8. The molecule has 1 aliphatic rings. The van der Waals surface area contributed by atoms with Gasteiger partial charge in [0.15, 0.2) is 0 Å². The first kappa shape index (κ1) is 14.2. The molecule has 3 aromatic rings. The van der Waals surface area contributed by atoms with E-state index in [-0.39, 0.29) is 12.4 Å². The van der Waals surface area contributed by atoms with Crippen LogP contribution in [-0.2, 0) is 19.4 Å². The Labute approximate surface area is 131 Å². The number of H-pyrrole nitrogens is 1. The van der Waals surface area contributed by atoms with Crippen molar-refractivity contribution in [3.8, 4) is 0 Å². The number of rotatable bonds is 3. The molecule has 2 nitrogen and oxygen atoms in total. The quantitative estimate of drug-likeness (QED) is 0.755. The standard InChI is InChI=1S/C18H18N2.ClH/c1-2-4-15-11-17(10-14(15)3-1)20-12-13-5-6-18-16(9-13)7-8-19-18;/h1-9,17,19-20H,10-12H2;1H. The molecule has 0 spiro atoms. The molecule has 4 rings (SSSR count). The van der Waals surface area contributed by atoms with Gasteiger partial charge in [-0.2, -0.15) is 0 Å². The molecule has 0 radical (unpaired) electrons. The summed E-state index contributed by atoms with van der Waals surface area (Å²) in [7, 11) is 0. The molecule has 0 fully saturated rings. The fraction of sp³-hybridized carbons (Fsp3) is 0.222. The number of halogens is 1. The van der Waals surface area contributed by atoms with Gasteiger partial charge in [0.1, 0.15) is 0 Å². The van der Waals surface area contributed by atoms with Crippen LogP contribution in [0.25, 0.3) is 10.9 Å². The van der Waals surface area contributed by atoms with Crippen LogP contribution in [0, 0.1) is 0 Å². The fourth-order valence-corrected chi connectivity index (χ4v) is 3.18. The van der Waals surface area contributed by atoms with Crippen molar-refractivity contribution in [2.24, 2.45) is 0 Å². The van der Waals surface area contributed by atoms with Gasteiger partial charge in [0.25, 0.3) is 0 Å². The van der Waals surface area contributed by atoms with E-state index in [1.807, 2.05) is 6.20 Å². The maximum atomic E-state index is 3.69. The average Bonchev–Trinajstić information content (AvgIpc) is 3.10. The van der Waals surface area contributed by atoms with Gasteiger partial charge in [0.2, 0.25) is 0 Å². The van der Waals surface area contributed by atoms with E-state index in [0.717, 1.165) is 19.4 Å². The molecule has 0 amide bonds. The van der Waals surface area contributed by atoms with E-state index in [0.29, 0.717) is 6.04 Å². The molecule has 2 N–H and O–H groups in total. The summed E-state index contributed by atoms with van der Waals surface area (Å²) in [6.07, 6.45) is 4.31. The van der Waals surface area contributed by atoms with Crippen LogP contribution in [0.5, 0.6) is 0 Å². The predicted octanol–water partition coefficient (Wildman–Crippen LogP) is 3.85. The van der Waals surface area contributed by atoms with Gasteiger partial charge >= 0.3 is 0 Å². The number of aromatic nitrogens is 1. The second kappa shape index (κ2) is 5.92. The molecule has 0 unspecified atom stereocenters. The molecule has 1 heterocycles. The Morgan fingerprint density at radius 2 is 1.76 bits per heavy atom. The van der Waals surface area contributed by atoms with E-state index in [1.165, 1.54) is 27.6 Å². The Kier molecular flexibility index (Phi) is 4.00. The maximum Gasteiger partial charge on any atom is 0.0454 e. The van der Waals surface area contributed by atoms with Gasteiger partial charge in [-0.1, -0.05) is 30.3 Å². The van der Waals surface area contributed by atoms with Crippen LogP contribution in [0.2, 0.25) is 0 Å². The third-order valence-electron chi connectivity index (χ3n) is 4.26. The minimum atomic E-state index is 0. The molecule has 0 saturated heterocycles. The zero-order chi connectivity index (χ0) is 13.4. The first-order valence-electron chi connectivity index (χ1n) is 7.25. The van der Waals surface area contributed by atoms with Crippen LogP contribution >= 0.6 is 12.4 Å². The van der Waals surface area contributed by atoms with Crippen molar-refractivity contribution in [1.82, 2.24) is 10.3 Å². The van der Waals surface area contributed by atoms with Crippen LogP contribution < -0.4 is 5.32 Å². The highest BCUT2D eigenvalue weighted by molar-refractivity contribution is 5.85. The highest BCUT2D eigenvalue weighted by Crippen LogP contribution is 2.22. The van der Waals surface area contributed by atoms with E-state index in [1.54, 1.807) is 0 Å². The molecule has 108 valence electrons. The SMILES string of the molecule is Cl.c1ccc2c(c1)CC(NCc1ccc3[nH]ccc3c1)C2. The summed E-state index contributed by atoms with van der Waals surface area (Å²) in [5.41, 5.74) is 5.58. The third-order valence-corrected chi connectivity index (χ3v) is 4.26. The lowest BCUT2D eigenvalue weighted by Gasteiger charge is -2.12. The number of aromatic amines is 1. The smallest absolute Gasteiger partial charge is 0.0454 e. The van der Waals surface area contributed by atoms with Crippen molar-refractivity contribution in [2.45, 2.75) is 25.4 Å². The van der Waals surface area contributed by atoms with Gasteiger partial charge in [-0.15, -0.1) is 12.4 Å². The summed E-state index contributed by atoms with van der Waals surface area (Å²) in [5, 5.41) is 4.98. The highest BCUT2D eigenvalue weighted by Gasteiger charge is 2.19. The molecule has 2 aromatic carbocycles. The van der Waals surface area contributed by atoms with E-state index in [9.17, 15) is 0 Å². The van der Waals surface area contributed by atoms with Gasteiger partial charge in [0, 0.05) is 24.3 Å². The van der Waals surface area contributed by atoms with Crippen molar-refractivity contribution >= 4 is 23.3 Å². The van der Waals surface area contributed by atoms with Crippen molar-refractivity contribution in [2.75, 3.05) is 0 Å². The van der Waals surface area contributed by atoms with Crippen molar-refractivity contribution in [3.05, 3.63) is 71.4 Å². The third kappa shape index (κ3) is 2.82. The second-order valence-electron chi connectivity index (χ2n) is 5.65. The Morgan fingerprint density at radius 1 is 1.00 bits per heavy atom. The predicted molar refractivity (Wildman–Crippen MR) is 90.0 cm³/mol. The second-order valence-corrected chi connectivity index (χ2v) is 5.65. The van der Waals surface area contributed by atoms with E-state index < -0.39 is 0 Å². The van der Waals surface area contributed by atoms with Crippen LogP contribution in [0.1, 0.15) is 16.7 Å². The van der Waals surface area contributed by atoms with E-state index >= 15 is 0 Å². The molecule has 0 atom stereocenters. The van der Waals surface area contributed by atoms with Crippen molar-refractivity contribution in [1.29, 1.82) is 0 Å². The van der Waals surface area contributed by atoms with Crippen LogP contribution in [0.15, 0.2) is 54.7 Å². The number of nitrogens with one attached hydrogen (secondary N) is 2. The van der Waals surface area contributed by atoms with Gasteiger partial charge in [-0.25, -0.2) is 0 Å². The molecule has 3 heteroatoms. The average molecular weight is 299 g/mol. The number of fused-ring (bicyclic) bond motifs is 2. The molecular formula is C18H19ClN2. The van der Waals surface area contributed by atoms with E-state index in [2.05, 4.69) is 58.8 Å². The summed E-state index contributed by atoms with van der Waals surface area (Å²) in [6, 6.07) is 18.1. The highest BCUT2D eigenvalue weighted by atomic mass is 35.5. The topological polar surface area (TPSA) is 27.8 Å². The van der Waals surface area contributed by atoms with Crippen LogP contribution in [-0.4, -0.2) is 11.0 Å². The molecule has 0 saturated carbocycles. The van der Waals surface area contributed by atoms with Crippen LogP contribution in [0.3, 0.4) is 0 Å². The first-order chi connectivity index (χ1) is 9.88. The number of hydrogen-bond acceptors (Lipinski definition) is 1. The van der Waals surface area contributed by atoms with Gasteiger partial charge < -0.3 is 10.3 Å². The lowest BCUT2D eigenvalue weighted by molar-refractivity contribution is 0.533. The summed E-state index contributed by atoms with van der Waals surface area (Å²) < 4.78 is 0. The summed E-state index contributed by atoms with van der Waals surface area (Å²) >= 11 is 0. The normalized spacial score (nSPS) is 14.1. The van der Waals surface area contributed by atoms with Gasteiger partial charge in [0.05, 0.1) is 0 Å². The van der Waals surface area contributed by atoms with Crippen LogP contribution in [0.4, 0.5) is 0 Å². The molecule has 0 aliphatic heterocycles. The molecule has 1 aromatic heterocycles.